The molecule has 1 aliphatic heterocycles. The number of nitrogens with one attached hydrogen (secondary N) is 1. The molecule has 1 saturated heterocycles. The zero-order valence-electron chi connectivity index (χ0n) is 13.1. The van der Waals surface area contributed by atoms with Crippen LogP contribution < -0.4 is 10.2 Å². The Kier molecular flexibility index (Phi) is 4.65. The second kappa shape index (κ2) is 7.04. The summed E-state index contributed by atoms with van der Waals surface area (Å²) < 4.78 is 0. The van der Waals surface area contributed by atoms with Crippen molar-refractivity contribution in [3.05, 3.63) is 48.5 Å². The standard InChI is InChI=1S/C16H20N6O/c1-13(14-3-7-17-8-4-14)20-16(23)22-11-9-21(10-12-22)15-18-5-2-6-19-15/h2-8,13H,9-12H2,1H3,(H,20,23). The van der Waals surface area contributed by atoms with Crippen LogP contribution in [0.15, 0.2) is 43.0 Å². The van der Waals surface area contributed by atoms with E-state index in [1.54, 1.807) is 30.9 Å². The number of nitrogens with zero attached hydrogens (tertiary/aromatic N) is 5. The highest BCUT2D eigenvalue weighted by Gasteiger charge is 2.23. The predicted molar refractivity (Wildman–Crippen MR) is 87.0 cm³/mol. The van der Waals surface area contributed by atoms with Gasteiger partial charge in [-0.1, -0.05) is 0 Å². The normalized spacial score (nSPS) is 16.0. The maximum atomic E-state index is 12.4. The van der Waals surface area contributed by atoms with Crippen LogP contribution >= 0.6 is 0 Å². The van der Waals surface area contributed by atoms with Crippen LogP contribution in [0.1, 0.15) is 18.5 Å². The van der Waals surface area contributed by atoms with Gasteiger partial charge in [-0.25, -0.2) is 14.8 Å². The van der Waals surface area contributed by atoms with Crippen molar-refractivity contribution in [1.29, 1.82) is 0 Å². The number of aromatic nitrogens is 3. The summed E-state index contributed by atoms with van der Waals surface area (Å²) >= 11 is 0. The molecule has 1 aliphatic rings. The Morgan fingerprint density at radius 3 is 2.39 bits per heavy atom. The molecule has 1 N–H and O–H groups in total. The lowest BCUT2D eigenvalue weighted by molar-refractivity contribution is 0.191. The van der Waals surface area contributed by atoms with Gasteiger partial charge in [0.1, 0.15) is 0 Å². The van der Waals surface area contributed by atoms with Gasteiger partial charge < -0.3 is 15.1 Å². The Morgan fingerprint density at radius 1 is 1.09 bits per heavy atom. The first-order chi connectivity index (χ1) is 11.2. The quantitative estimate of drug-likeness (QED) is 0.929. The molecule has 1 unspecified atom stereocenters. The molecule has 120 valence electrons. The van der Waals surface area contributed by atoms with Gasteiger partial charge in [0.2, 0.25) is 5.95 Å². The highest BCUT2D eigenvalue weighted by molar-refractivity contribution is 5.75. The molecule has 23 heavy (non-hydrogen) atoms. The van der Waals surface area contributed by atoms with Crippen LogP contribution in [0.4, 0.5) is 10.7 Å². The van der Waals surface area contributed by atoms with Crippen molar-refractivity contribution in [3.8, 4) is 0 Å². The minimum Gasteiger partial charge on any atom is -0.337 e. The first kappa shape index (κ1) is 15.2. The van der Waals surface area contributed by atoms with Crippen molar-refractivity contribution in [3.63, 3.8) is 0 Å². The average molecular weight is 312 g/mol. The number of anilines is 1. The summed E-state index contributed by atoms with van der Waals surface area (Å²) in [5.41, 5.74) is 1.05. The van der Waals surface area contributed by atoms with E-state index in [4.69, 9.17) is 0 Å². The highest BCUT2D eigenvalue weighted by atomic mass is 16.2. The molecule has 2 aromatic heterocycles. The molecule has 2 aromatic rings. The zero-order chi connectivity index (χ0) is 16.1. The number of carbonyl (C=O) groups is 1. The molecule has 0 bridgehead atoms. The number of carbonyl (C=O) groups excluding carboxylic acids is 1. The summed E-state index contributed by atoms with van der Waals surface area (Å²) in [5.74, 6) is 0.720. The molecule has 0 aliphatic carbocycles. The molecule has 0 spiro atoms. The van der Waals surface area contributed by atoms with Crippen LogP contribution in [-0.4, -0.2) is 52.1 Å². The van der Waals surface area contributed by atoms with Crippen LogP contribution in [0.2, 0.25) is 0 Å². The molecule has 7 nitrogen and oxygen atoms in total. The number of hydrogen-bond acceptors (Lipinski definition) is 5. The van der Waals surface area contributed by atoms with E-state index in [-0.39, 0.29) is 12.1 Å². The number of hydrogen-bond donors (Lipinski definition) is 1. The number of amides is 2. The van der Waals surface area contributed by atoms with Crippen molar-refractivity contribution in [2.24, 2.45) is 0 Å². The summed E-state index contributed by atoms with van der Waals surface area (Å²) in [6.45, 7) is 4.77. The summed E-state index contributed by atoms with van der Waals surface area (Å²) in [4.78, 5) is 28.8. The van der Waals surface area contributed by atoms with E-state index in [1.807, 2.05) is 24.0 Å². The molecule has 3 heterocycles. The Labute approximate surface area is 135 Å². The Balaban J connectivity index is 1.52. The first-order valence-corrected chi connectivity index (χ1v) is 7.71. The SMILES string of the molecule is CC(NC(=O)N1CCN(c2ncccn2)CC1)c1ccncc1. The van der Waals surface area contributed by atoms with Crippen LogP contribution in [0.25, 0.3) is 0 Å². The summed E-state index contributed by atoms with van der Waals surface area (Å²) in [5, 5.41) is 3.03. The van der Waals surface area contributed by atoms with Crippen LogP contribution in [-0.2, 0) is 0 Å². The van der Waals surface area contributed by atoms with Crippen molar-refractivity contribution in [1.82, 2.24) is 25.2 Å². The molecule has 1 atom stereocenters. The lowest BCUT2D eigenvalue weighted by Gasteiger charge is -2.35. The maximum Gasteiger partial charge on any atom is 0.317 e. The molecule has 0 saturated carbocycles. The van der Waals surface area contributed by atoms with Gasteiger partial charge in [0.15, 0.2) is 0 Å². The summed E-state index contributed by atoms with van der Waals surface area (Å²) in [7, 11) is 0. The average Bonchev–Trinajstić information content (AvgIpc) is 2.63. The van der Waals surface area contributed by atoms with Crippen molar-refractivity contribution < 1.29 is 4.79 Å². The number of rotatable bonds is 3. The van der Waals surface area contributed by atoms with Crippen LogP contribution in [0, 0.1) is 0 Å². The van der Waals surface area contributed by atoms with Gasteiger partial charge in [-0.2, -0.15) is 0 Å². The number of piperazine rings is 1. The third-order valence-electron chi connectivity index (χ3n) is 3.95. The van der Waals surface area contributed by atoms with Crippen molar-refractivity contribution >= 4 is 12.0 Å². The molecular weight excluding hydrogens is 292 g/mol. The largest absolute Gasteiger partial charge is 0.337 e. The van der Waals surface area contributed by atoms with E-state index >= 15 is 0 Å². The fourth-order valence-electron chi connectivity index (χ4n) is 2.58. The highest BCUT2D eigenvalue weighted by Crippen LogP contribution is 2.13. The van der Waals surface area contributed by atoms with E-state index < -0.39 is 0 Å². The first-order valence-electron chi connectivity index (χ1n) is 7.71. The fourth-order valence-corrected chi connectivity index (χ4v) is 2.58. The van der Waals surface area contributed by atoms with E-state index in [2.05, 4.69) is 25.2 Å². The molecule has 3 rings (SSSR count). The number of pyridine rings is 1. The Bertz CT molecular complexity index is 628. The third-order valence-corrected chi connectivity index (χ3v) is 3.95. The summed E-state index contributed by atoms with van der Waals surface area (Å²) in [6, 6.07) is 5.54. The van der Waals surface area contributed by atoms with E-state index in [0.717, 1.165) is 24.6 Å². The van der Waals surface area contributed by atoms with Gasteiger partial charge in [-0.05, 0) is 30.7 Å². The molecule has 7 heteroatoms. The molecule has 0 radical (unpaired) electrons. The molecular formula is C16H20N6O. The van der Waals surface area contributed by atoms with Gasteiger partial charge in [0, 0.05) is 51.0 Å². The predicted octanol–water partition coefficient (Wildman–Crippen LogP) is 1.46. The fraction of sp³-hybridized carbons (Fsp3) is 0.375. The molecule has 0 aromatic carbocycles. The lowest BCUT2D eigenvalue weighted by Crippen LogP contribution is -2.52. The van der Waals surface area contributed by atoms with Gasteiger partial charge >= 0.3 is 6.03 Å². The summed E-state index contributed by atoms with van der Waals surface area (Å²) in [6.07, 6.45) is 6.93. The second-order valence-corrected chi connectivity index (χ2v) is 5.47. The van der Waals surface area contributed by atoms with E-state index in [1.165, 1.54) is 0 Å². The smallest absolute Gasteiger partial charge is 0.317 e. The topological polar surface area (TPSA) is 74.2 Å². The van der Waals surface area contributed by atoms with Crippen LogP contribution in [0.3, 0.4) is 0 Å². The second-order valence-electron chi connectivity index (χ2n) is 5.47. The third kappa shape index (κ3) is 3.74. The Hall–Kier alpha value is -2.70. The molecule has 2 amide bonds. The van der Waals surface area contributed by atoms with E-state index in [0.29, 0.717) is 13.1 Å². The van der Waals surface area contributed by atoms with E-state index in [9.17, 15) is 4.79 Å². The van der Waals surface area contributed by atoms with Gasteiger partial charge in [-0.3, -0.25) is 4.98 Å². The lowest BCUT2D eigenvalue weighted by atomic mass is 10.1. The van der Waals surface area contributed by atoms with Crippen molar-refractivity contribution in [2.75, 3.05) is 31.1 Å². The van der Waals surface area contributed by atoms with Crippen LogP contribution in [0.5, 0.6) is 0 Å². The maximum absolute atomic E-state index is 12.4. The van der Waals surface area contributed by atoms with Gasteiger partial charge in [0.25, 0.3) is 0 Å². The van der Waals surface area contributed by atoms with Gasteiger partial charge in [0.05, 0.1) is 6.04 Å². The van der Waals surface area contributed by atoms with Gasteiger partial charge in [-0.15, -0.1) is 0 Å². The Morgan fingerprint density at radius 2 is 1.74 bits per heavy atom. The minimum atomic E-state index is -0.0408. The molecule has 1 fully saturated rings. The van der Waals surface area contributed by atoms with Crippen molar-refractivity contribution in [2.45, 2.75) is 13.0 Å². The zero-order valence-corrected chi connectivity index (χ0v) is 13.1. The monoisotopic (exact) mass is 312 g/mol. The minimum absolute atomic E-state index is 0.0389. The number of urea groups is 1.